The maximum absolute atomic E-state index is 13.6. The monoisotopic (exact) mass is 1150 g/mol. The summed E-state index contributed by atoms with van der Waals surface area (Å²) in [6.07, 6.45) is 23.6. The number of ether oxygens (including phenoxy) is 1. The molecule has 2 N–H and O–H groups in total. The van der Waals surface area contributed by atoms with E-state index in [9.17, 15) is 19.8 Å². The smallest absolute Gasteiger partial charge is 0.390 e. The standard InChI is InChI=1S/C28H41NO2.C22H37NO3.C8H10BrN.C4H8O.C4H9.2CH4.Li/c1-27(31)15-13-21-19(17-27)7-10-23-22(21)14-16-28(2)24(23)11-12-25(28)26(30)18-5-8-20(9-6-18)29(3)4;1-21(25)11-9-15-14(13-21)5-6-17-16(15)10-12-22(2)18(17)7-8-19(22)20(24)23(3)26-4;1-10(2)8-5-3-7(9)4-6-8;1-2-4-5-3-1;1-4(2)3;;;/h5-6,8-9,19,21-25,31H,7,10-17H2,1-4H3;14-19,25H,5-13H2,1-4H3;3-6H,1-2H3;1-4H2;1-3H3;2*1H4;/q;;;;-1;;;+1/t19-,21+,22-,23-,24+,25-,27-,28+;14-,15+,16-,17-,18+,19-,21-,22+;;;;;;/m11....../s1. The Morgan fingerprint density at radius 2 is 0.962 bits per heavy atom. The molecule has 0 bridgehead atoms. The van der Waals surface area contributed by atoms with Crippen LogP contribution in [0, 0.1) is 87.8 Å². The maximum Gasteiger partial charge on any atom is 1.00 e. The van der Waals surface area contributed by atoms with E-state index < -0.39 is 11.2 Å². The number of halogens is 1. The van der Waals surface area contributed by atoms with Gasteiger partial charge < -0.3 is 30.7 Å². The molecule has 79 heavy (non-hydrogen) atoms. The first-order valence-electron chi connectivity index (χ1n) is 30.2. The zero-order chi connectivity index (χ0) is 55.3. The molecular formula is C68H113BrLiN3O6. The molecule has 9 nitrogen and oxygen atoms in total. The van der Waals surface area contributed by atoms with Crippen LogP contribution in [0.4, 0.5) is 11.4 Å². The molecule has 0 spiro atoms. The van der Waals surface area contributed by atoms with Crippen LogP contribution >= 0.6 is 15.9 Å². The Morgan fingerprint density at radius 1 is 0.570 bits per heavy atom. The average molecular weight is 1160 g/mol. The fourth-order valence-electron chi connectivity index (χ4n) is 17.7. The number of nitrogens with zero attached hydrogens (tertiary/aromatic N) is 3. The number of rotatable bonds is 6. The number of hydrogen-bond donors (Lipinski definition) is 2. The number of ketones is 1. The Hall–Kier alpha value is -1.90. The Kier molecular flexibility index (Phi) is 26.2. The molecule has 9 fully saturated rings. The first-order valence-corrected chi connectivity index (χ1v) is 31.0. The van der Waals surface area contributed by atoms with E-state index in [2.05, 4.69) is 84.6 Å². The van der Waals surface area contributed by atoms with Crippen LogP contribution in [0.15, 0.2) is 53.0 Å². The third-order valence-corrected chi connectivity index (χ3v) is 22.0. The summed E-state index contributed by atoms with van der Waals surface area (Å²) in [5, 5.41) is 22.6. The quantitative estimate of drug-likeness (QED) is 0.128. The Balaban J connectivity index is 0.000000251. The first-order chi connectivity index (χ1) is 35.9. The SMILES string of the molecule is C.C.C1CCOC1.CN(C)c1ccc(Br)cc1.CN(C)c1ccc(C(=O)[C@H]2CC[C@H]3[C@@H]4CC[C@@H]5C[C@](C)(O)CC[C@@H]5[C@H]4CC[C@]23C)cc1.CON(C)C(=O)[C@H]1CC[C@H]2[C@@H]3CC[C@@H]4C[C@](C)(O)CC[C@@H]4[C@H]3CC[C@]12C.C[C-](C)C.[Li+]. The summed E-state index contributed by atoms with van der Waals surface area (Å²) < 4.78 is 6.07. The molecule has 11 heteroatoms. The summed E-state index contributed by atoms with van der Waals surface area (Å²) in [5.74, 6) is 10.1. The molecule has 1 heterocycles. The number of carbonyl (C=O) groups is 2. The number of carbonyl (C=O) groups excluding carboxylic acids is 2. The van der Waals surface area contributed by atoms with Crippen molar-refractivity contribution in [3.63, 3.8) is 0 Å². The summed E-state index contributed by atoms with van der Waals surface area (Å²) >= 11 is 3.38. The van der Waals surface area contributed by atoms with Crippen LogP contribution in [-0.2, 0) is 14.4 Å². The van der Waals surface area contributed by atoms with Gasteiger partial charge in [-0.2, -0.15) is 20.8 Å². The third kappa shape index (κ3) is 16.5. The van der Waals surface area contributed by atoms with Crippen molar-refractivity contribution >= 4 is 39.0 Å². The molecule has 1 amide bonds. The number of aliphatic hydroxyl groups is 2. The number of anilines is 2. The molecule has 1 aliphatic heterocycles. The van der Waals surface area contributed by atoms with Crippen molar-refractivity contribution in [3.05, 3.63) is 64.5 Å². The van der Waals surface area contributed by atoms with Crippen LogP contribution in [0.5, 0.6) is 0 Å². The van der Waals surface area contributed by atoms with Crippen LogP contribution in [0.2, 0.25) is 0 Å². The molecule has 9 aliphatic rings. The van der Waals surface area contributed by atoms with Crippen LogP contribution in [-0.4, -0.2) is 93.7 Å². The second-order valence-electron chi connectivity index (χ2n) is 27.7. The number of amides is 1. The van der Waals surface area contributed by atoms with Gasteiger partial charge in [0.1, 0.15) is 0 Å². The Labute approximate surface area is 503 Å². The third-order valence-electron chi connectivity index (χ3n) is 21.5. The molecule has 1 saturated heterocycles. The van der Waals surface area contributed by atoms with E-state index in [1.807, 2.05) is 66.3 Å². The van der Waals surface area contributed by atoms with Gasteiger partial charge >= 0.3 is 18.9 Å². The van der Waals surface area contributed by atoms with E-state index in [-0.39, 0.29) is 62.3 Å². The minimum Gasteiger partial charge on any atom is -0.390 e. The number of fused-ring (bicyclic) bond motifs is 10. The van der Waals surface area contributed by atoms with Crippen LogP contribution in [0.3, 0.4) is 0 Å². The topological polar surface area (TPSA) is 103 Å². The minimum atomic E-state index is -0.440. The molecule has 2 aromatic rings. The largest absolute Gasteiger partial charge is 1.00 e. The number of Topliss-reactive ketones (excluding diaryl/α,β-unsaturated/α-hetero) is 1. The van der Waals surface area contributed by atoms with Crippen molar-refractivity contribution in [1.82, 2.24) is 5.06 Å². The van der Waals surface area contributed by atoms with Crippen molar-refractivity contribution in [2.45, 2.75) is 203 Å². The zero-order valence-corrected chi connectivity index (χ0v) is 52.4. The van der Waals surface area contributed by atoms with Gasteiger partial charge in [-0.1, -0.05) is 44.6 Å². The second-order valence-corrected chi connectivity index (χ2v) is 28.6. The molecule has 8 aliphatic carbocycles. The summed E-state index contributed by atoms with van der Waals surface area (Å²) in [4.78, 5) is 35.8. The van der Waals surface area contributed by atoms with Gasteiger partial charge in [0.25, 0.3) is 0 Å². The van der Waals surface area contributed by atoms with Gasteiger partial charge in [-0.3, -0.25) is 14.4 Å². The van der Waals surface area contributed by atoms with Gasteiger partial charge in [0.15, 0.2) is 5.78 Å². The van der Waals surface area contributed by atoms with E-state index in [0.29, 0.717) is 17.6 Å². The van der Waals surface area contributed by atoms with Gasteiger partial charge in [0.2, 0.25) is 5.91 Å². The van der Waals surface area contributed by atoms with Crippen molar-refractivity contribution < 1.29 is 48.2 Å². The van der Waals surface area contributed by atoms with Gasteiger partial charge in [-0.05, 0) is 261 Å². The van der Waals surface area contributed by atoms with Crippen molar-refractivity contribution in [2.24, 2.45) is 81.8 Å². The maximum atomic E-state index is 13.6. The summed E-state index contributed by atoms with van der Waals surface area (Å²) in [6.45, 7) is 17.2. The predicted molar refractivity (Wildman–Crippen MR) is 330 cm³/mol. The molecule has 0 unspecified atom stereocenters. The number of hydrogen-bond acceptors (Lipinski definition) is 8. The Morgan fingerprint density at radius 3 is 1.35 bits per heavy atom. The first kappa shape index (κ1) is 69.6. The molecule has 11 rings (SSSR count). The minimum absolute atomic E-state index is 0. The average Bonchev–Trinajstić information content (AvgIpc) is 4.20. The summed E-state index contributed by atoms with van der Waals surface area (Å²) in [6, 6.07) is 16.5. The second kappa shape index (κ2) is 29.8. The van der Waals surface area contributed by atoms with Gasteiger partial charge in [0, 0.05) is 81.7 Å². The fraction of sp³-hybridized carbons (Fsp3) is 0.779. The fourth-order valence-corrected chi connectivity index (χ4v) is 17.9. The molecule has 8 saturated carbocycles. The predicted octanol–water partition coefficient (Wildman–Crippen LogP) is 13.2. The Bertz CT molecular complexity index is 2160. The van der Waals surface area contributed by atoms with Crippen molar-refractivity contribution in [2.75, 3.05) is 65.4 Å². The van der Waals surface area contributed by atoms with E-state index in [1.54, 1.807) is 14.2 Å². The normalized spacial score (nSPS) is 37.1. The summed E-state index contributed by atoms with van der Waals surface area (Å²) in [7, 11) is 11.5. The van der Waals surface area contributed by atoms with Crippen molar-refractivity contribution in [1.29, 1.82) is 0 Å². The van der Waals surface area contributed by atoms with E-state index in [0.717, 1.165) is 115 Å². The van der Waals surface area contributed by atoms with Gasteiger partial charge in [0.05, 0.1) is 18.3 Å². The van der Waals surface area contributed by atoms with E-state index >= 15 is 0 Å². The van der Waals surface area contributed by atoms with Gasteiger partial charge in [-0.25, -0.2) is 5.06 Å². The molecule has 0 radical (unpaired) electrons. The zero-order valence-electron chi connectivity index (χ0n) is 50.9. The van der Waals surface area contributed by atoms with Crippen molar-refractivity contribution in [3.8, 4) is 0 Å². The molecule has 444 valence electrons. The molecule has 2 aromatic carbocycles. The van der Waals surface area contributed by atoms with Gasteiger partial charge in [-0.15, -0.1) is 0 Å². The van der Waals surface area contributed by atoms with E-state index in [1.165, 1.54) is 107 Å². The molecule has 0 aromatic heterocycles. The van der Waals surface area contributed by atoms with E-state index in [4.69, 9.17) is 9.57 Å². The molecule has 16 atom stereocenters. The van der Waals surface area contributed by atoms with Crippen LogP contribution in [0.1, 0.15) is 202 Å². The van der Waals surface area contributed by atoms with Crippen LogP contribution in [0.25, 0.3) is 0 Å². The van der Waals surface area contributed by atoms with Crippen LogP contribution < -0.4 is 28.7 Å². The number of hydroxylamine groups is 2. The number of benzene rings is 2. The molecular weight excluding hydrogens is 1040 g/mol. The summed E-state index contributed by atoms with van der Waals surface area (Å²) in [5.41, 5.74) is 2.72.